The fraction of sp³-hybridized carbons (Fsp3) is 0.378. The van der Waals surface area contributed by atoms with Crippen LogP contribution in [0.3, 0.4) is 0 Å². The molecular formula is C37H43N5O7. The molecule has 2 aliphatic rings. The Morgan fingerprint density at radius 1 is 1.06 bits per heavy atom. The first-order valence-corrected chi connectivity index (χ1v) is 16.4. The van der Waals surface area contributed by atoms with Gasteiger partial charge in [-0.1, -0.05) is 49.4 Å². The summed E-state index contributed by atoms with van der Waals surface area (Å²) in [7, 11) is 1.30. The zero-order chi connectivity index (χ0) is 35.3. The minimum Gasteiger partial charge on any atom is -0.488 e. The van der Waals surface area contributed by atoms with E-state index in [-0.39, 0.29) is 31.3 Å². The molecule has 12 heteroatoms. The van der Waals surface area contributed by atoms with Gasteiger partial charge in [0.1, 0.15) is 29.3 Å². The van der Waals surface area contributed by atoms with Gasteiger partial charge in [-0.25, -0.2) is 14.1 Å². The largest absolute Gasteiger partial charge is 0.488 e. The summed E-state index contributed by atoms with van der Waals surface area (Å²) >= 11 is 0. The second-order valence-electron chi connectivity index (χ2n) is 12.9. The minimum atomic E-state index is -0.804. The van der Waals surface area contributed by atoms with Crippen LogP contribution in [0, 0.1) is 0 Å². The number of nitrogens with zero attached hydrogens (tertiary/aromatic N) is 4. The van der Waals surface area contributed by atoms with Crippen molar-refractivity contribution in [1.29, 1.82) is 0 Å². The summed E-state index contributed by atoms with van der Waals surface area (Å²) in [6.07, 6.45) is 9.14. The van der Waals surface area contributed by atoms with Crippen LogP contribution in [-0.4, -0.2) is 87.8 Å². The lowest BCUT2D eigenvalue weighted by atomic mass is 10.1. The molecule has 1 aromatic carbocycles. The van der Waals surface area contributed by atoms with E-state index < -0.39 is 29.8 Å². The number of carbonyl (C=O) groups excluding carboxylic acids is 4. The average Bonchev–Trinajstić information content (AvgIpc) is 3.74. The number of allylic oxidation sites excluding steroid dienone is 1. The van der Waals surface area contributed by atoms with E-state index in [1.165, 1.54) is 16.9 Å². The van der Waals surface area contributed by atoms with Crippen LogP contribution >= 0.6 is 0 Å². The molecule has 2 aromatic heterocycles. The number of pyridine rings is 1. The summed E-state index contributed by atoms with van der Waals surface area (Å²) in [6, 6.07) is 12.7. The molecule has 0 saturated carbocycles. The highest BCUT2D eigenvalue weighted by molar-refractivity contribution is 6.20. The number of anilines is 1. The number of carbonyl (C=O) groups is 4. The molecule has 3 amide bonds. The number of imide groups is 1. The van der Waals surface area contributed by atoms with E-state index in [1.54, 1.807) is 44.4 Å². The molecule has 5 rings (SSSR count). The summed E-state index contributed by atoms with van der Waals surface area (Å²) in [6.45, 7) is 9.80. The van der Waals surface area contributed by atoms with Gasteiger partial charge < -0.3 is 19.5 Å². The molecule has 0 bridgehead atoms. The number of methoxy groups -OCH3 is 1. The highest BCUT2D eigenvalue weighted by Crippen LogP contribution is 2.31. The average molecular weight is 670 g/mol. The highest BCUT2D eigenvalue weighted by atomic mass is 16.6. The van der Waals surface area contributed by atoms with E-state index in [2.05, 4.69) is 10.4 Å². The zero-order valence-corrected chi connectivity index (χ0v) is 28.8. The van der Waals surface area contributed by atoms with Crippen molar-refractivity contribution in [2.75, 3.05) is 32.1 Å². The first kappa shape index (κ1) is 34.9. The quantitative estimate of drug-likeness (QED) is 0.159. The summed E-state index contributed by atoms with van der Waals surface area (Å²) in [5.74, 6) is 0.192. The number of aromatic nitrogens is 2. The van der Waals surface area contributed by atoms with E-state index in [4.69, 9.17) is 14.2 Å². The molecule has 1 saturated heterocycles. The number of esters is 1. The standard InChI is InChI=1S/C37H43N5O7/c1-7-8-15-28-24(2)33(43)40(34(28)44)18-10-9-17-38-32-22-30-29(16-12-19-42(30)39-32)25-13-11-14-26(20-25)48-27-21-31(35(45)47-6)41(23-27)36(46)49-37(3,4)5/h8-16,19-20,22,27,31H,7,17-18,21,23H2,1-6H3,(H,38,39)/b10-9+,15-8-. The van der Waals surface area contributed by atoms with Gasteiger partial charge >= 0.3 is 12.1 Å². The van der Waals surface area contributed by atoms with Gasteiger partial charge in [0.25, 0.3) is 11.8 Å². The number of rotatable bonds is 11. The minimum absolute atomic E-state index is 0.180. The van der Waals surface area contributed by atoms with Gasteiger partial charge in [-0.05, 0) is 57.9 Å². The number of hydrogen-bond acceptors (Lipinski definition) is 9. The van der Waals surface area contributed by atoms with Crippen LogP contribution in [-0.2, 0) is 23.9 Å². The Labute approximate surface area is 286 Å². The number of nitrogens with one attached hydrogen (secondary N) is 1. The Balaban J connectivity index is 1.23. The zero-order valence-electron chi connectivity index (χ0n) is 28.8. The van der Waals surface area contributed by atoms with Gasteiger partial charge in [-0.3, -0.25) is 19.4 Å². The van der Waals surface area contributed by atoms with Crippen molar-refractivity contribution in [2.24, 2.45) is 0 Å². The van der Waals surface area contributed by atoms with E-state index in [1.807, 2.05) is 67.7 Å². The van der Waals surface area contributed by atoms with Crippen LogP contribution in [0.25, 0.3) is 16.6 Å². The third-order valence-corrected chi connectivity index (χ3v) is 8.14. The molecule has 0 radical (unpaired) electrons. The summed E-state index contributed by atoms with van der Waals surface area (Å²) in [4.78, 5) is 53.3. The maximum atomic E-state index is 12.9. The Kier molecular flexibility index (Phi) is 10.5. The predicted octanol–water partition coefficient (Wildman–Crippen LogP) is 5.55. The number of likely N-dealkylation sites (tertiary alicyclic amines) is 1. The Morgan fingerprint density at radius 2 is 1.86 bits per heavy atom. The molecule has 4 heterocycles. The van der Waals surface area contributed by atoms with Gasteiger partial charge in [0.2, 0.25) is 0 Å². The topological polar surface area (TPSA) is 132 Å². The van der Waals surface area contributed by atoms with Crippen LogP contribution in [0.5, 0.6) is 5.75 Å². The number of hydrogen-bond donors (Lipinski definition) is 1. The van der Waals surface area contributed by atoms with Crippen LogP contribution in [0.1, 0.15) is 47.5 Å². The molecule has 49 heavy (non-hydrogen) atoms. The first-order valence-electron chi connectivity index (χ1n) is 16.4. The predicted molar refractivity (Wildman–Crippen MR) is 185 cm³/mol. The highest BCUT2D eigenvalue weighted by Gasteiger charge is 2.43. The molecule has 12 nitrogen and oxygen atoms in total. The Hall–Kier alpha value is -5.39. The second kappa shape index (κ2) is 14.8. The van der Waals surface area contributed by atoms with Crippen molar-refractivity contribution in [2.45, 2.75) is 65.2 Å². The number of fused-ring (bicyclic) bond motifs is 1. The molecule has 0 aliphatic carbocycles. The number of benzene rings is 1. The summed E-state index contributed by atoms with van der Waals surface area (Å²) < 4.78 is 18.6. The molecular weight excluding hydrogens is 626 g/mol. The lowest BCUT2D eigenvalue weighted by Crippen LogP contribution is -2.44. The lowest BCUT2D eigenvalue weighted by Gasteiger charge is -2.27. The van der Waals surface area contributed by atoms with Crippen LogP contribution < -0.4 is 10.1 Å². The van der Waals surface area contributed by atoms with Gasteiger partial charge in [0.15, 0.2) is 0 Å². The third kappa shape index (κ3) is 8.02. The summed E-state index contributed by atoms with van der Waals surface area (Å²) in [5, 5.41) is 7.93. The van der Waals surface area contributed by atoms with E-state index in [0.29, 0.717) is 29.3 Å². The van der Waals surface area contributed by atoms with Crippen molar-refractivity contribution in [3.63, 3.8) is 0 Å². The van der Waals surface area contributed by atoms with Crippen LogP contribution in [0.4, 0.5) is 10.6 Å². The van der Waals surface area contributed by atoms with Crippen LogP contribution in [0.15, 0.2) is 84.1 Å². The molecule has 2 atom stereocenters. The van der Waals surface area contributed by atoms with Crippen molar-refractivity contribution >= 4 is 35.2 Å². The fourth-order valence-corrected chi connectivity index (χ4v) is 5.78. The smallest absolute Gasteiger partial charge is 0.411 e. The van der Waals surface area contributed by atoms with E-state index >= 15 is 0 Å². The third-order valence-electron chi connectivity index (χ3n) is 8.14. The molecule has 258 valence electrons. The van der Waals surface area contributed by atoms with Gasteiger partial charge in [-0.15, -0.1) is 0 Å². The second-order valence-corrected chi connectivity index (χ2v) is 12.9. The monoisotopic (exact) mass is 669 g/mol. The molecule has 2 unspecified atom stereocenters. The SMILES string of the molecule is CC/C=C\C1=C(C)C(=O)N(C/C=C/CNc2cc3c(-c4cccc(OC5CC(C(=O)OC)N(C(=O)OC(C)(C)C)C5)c4)cccn3n2)C1=O. The van der Waals surface area contributed by atoms with E-state index in [0.717, 1.165) is 23.1 Å². The van der Waals surface area contributed by atoms with E-state index in [9.17, 15) is 19.2 Å². The molecule has 1 N–H and O–H groups in total. The fourth-order valence-electron chi connectivity index (χ4n) is 5.78. The molecule has 2 aliphatic heterocycles. The van der Waals surface area contributed by atoms with Crippen molar-refractivity contribution in [1.82, 2.24) is 19.4 Å². The van der Waals surface area contributed by atoms with Crippen LogP contribution in [0.2, 0.25) is 0 Å². The maximum absolute atomic E-state index is 12.9. The lowest BCUT2D eigenvalue weighted by molar-refractivity contribution is -0.145. The van der Waals surface area contributed by atoms with Crippen molar-refractivity contribution < 1.29 is 33.4 Å². The first-order chi connectivity index (χ1) is 23.4. The Bertz CT molecular complexity index is 1830. The maximum Gasteiger partial charge on any atom is 0.411 e. The normalized spacial score (nSPS) is 18.4. The molecule has 3 aromatic rings. The van der Waals surface area contributed by atoms with Gasteiger partial charge in [-0.2, -0.15) is 5.10 Å². The summed E-state index contributed by atoms with van der Waals surface area (Å²) in [5.41, 5.74) is 2.91. The number of ether oxygens (including phenoxy) is 3. The molecule has 1 fully saturated rings. The van der Waals surface area contributed by atoms with Gasteiger partial charge in [0.05, 0.1) is 19.2 Å². The van der Waals surface area contributed by atoms with Crippen molar-refractivity contribution in [3.05, 3.63) is 84.1 Å². The molecule has 0 spiro atoms. The Morgan fingerprint density at radius 3 is 2.59 bits per heavy atom. The van der Waals surface area contributed by atoms with Gasteiger partial charge in [0, 0.05) is 48.5 Å². The number of amides is 3. The van der Waals surface area contributed by atoms with Crippen molar-refractivity contribution in [3.8, 4) is 16.9 Å².